The summed E-state index contributed by atoms with van der Waals surface area (Å²) in [6.07, 6.45) is -2.98. The van der Waals surface area contributed by atoms with E-state index in [1.165, 1.54) is 4.57 Å². The summed E-state index contributed by atoms with van der Waals surface area (Å²) in [4.78, 5) is 35.6. The Labute approximate surface area is 164 Å². The zero-order chi connectivity index (χ0) is 21.6. The summed E-state index contributed by atoms with van der Waals surface area (Å²) in [6, 6.07) is 5.10. The molecule has 10 heteroatoms. The van der Waals surface area contributed by atoms with Gasteiger partial charge in [0.15, 0.2) is 0 Å². The van der Waals surface area contributed by atoms with Gasteiger partial charge in [0, 0.05) is 31.3 Å². The number of aryl methyl sites for hydroxylation is 2. The monoisotopic (exact) mass is 414 g/mol. The van der Waals surface area contributed by atoms with Crippen LogP contribution in [0, 0.1) is 0 Å². The molecule has 0 aliphatic carbocycles. The number of carbonyl (C=O) groups is 2. The maximum atomic E-state index is 12.7. The molecule has 1 aromatic heterocycles. The quantitative estimate of drug-likeness (QED) is 0.404. The van der Waals surface area contributed by atoms with Gasteiger partial charge in [-0.25, -0.2) is 9.59 Å². The summed E-state index contributed by atoms with van der Waals surface area (Å²) in [5.74, 6) is -4.31. The van der Waals surface area contributed by atoms with Crippen LogP contribution in [0.3, 0.4) is 0 Å². The Morgan fingerprint density at radius 2 is 1.93 bits per heavy atom. The molecule has 0 unspecified atom stereocenters. The number of ether oxygens (including phenoxy) is 2. The molecule has 0 aliphatic rings. The minimum absolute atomic E-state index is 0.154. The fraction of sp³-hybridized carbons (Fsp3) is 0.421. The summed E-state index contributed by atoms with van der Waals surface area (Å²) in [6.45, 7) is 3.43. The lowest BCUT2D eigenvalue weighted by molar-refractivity contribution is -0.193. The number of pyridine rings is 1. The Morgan fingerprint density at radius 3 is 2.55 bits per heavy atom. The van der Waals surface area contributed by atoms with Gasteiger partial charge in [0.1, 0.15) is 5.56 Å². The molecule has 0 aliphatic heterocycles. The maximum Gasteiger partial charge on any atom is 0.491 e. The van der Waals surface area contributed by atoms with Gasteiger partial charge in [0.05, 0.1) is 12.1 Å². The molecule has 0 spiro atoms. The summed E-state index contributed by atoms with van der Waals surface area (Å²) >= 11 is 0. The number of aromatic nitrogens is 1. The van der Waals surface area contributed by atoms with Gasteiger partial charge in [0.2, 0.25) is 5.43 Å². The lowest BCUT2D eigenvalue weighted by atomic mass is 10.0. The smallest absolute Gasteiger partial charge is 0.382 e. The number of esters is 2. The molecule has 2 rings (SSSR count). The third-order valence-corrected chi connectivity index (χ3v) is 4.14. The minimum Gasteiger partial charge on any atom is -0.382 e. The lowest BCUT2D eigenvalue weighted by Crippen LogP contribution is -2.30. The highest BCUT2D eigenvalue weighted by Crippen LogP contribution is 2.19. The van der Waals surface area contributed by atoms with Gasteiger partial charge < -0.3 is 19.8 Å². The van der Waals surface area contributed by atoms with Crippen molar-refractivity contribution in [3.63, 3.8) is 0 Å². The number of halogens is 3. The molecule has 158 valence electrons. The van der Waals surface area contributed by atoms with Crippen LogP contribution in [0.25, 0.3) is 10.9 Å². The normalized spacial score (nSPS) is 11.6. The Balaban J connectivity index is 2.35. The zero-order valence-corrected chi connectivity index (χ0v) is 15.8. The largest absolute Gasteiger partial charge is 0.491 e. The van der Waals surface area contributed by atoms with Gasteiger partial charge in [-0.3, -0.25) is 4.79 Å². The molecule has 0 atom stereocenters. The van der Waals surface area contributed by atoms with Crippen LogP contribution >= 0.6 is 0 Å². The number of rotatable bonds is 8. The van der Waals surface area contributed by atoms with E-state index in [2.05, 4.69) is 4.74 Å². The number of carbonyl (C=O) groups excluding carboxylic acids is 2. The standard InChI is InChI=1S/C19H21F3N2O5/c1-2-24-11-14(17(26)29-18(27)19(20,21)22)16(25)13-10-12(5-6-15(13)24)4-3-8-28-9-7-23/h5-6,10-11H,2-4,7-9,23H2,1H3. The third-order valence-electron chi connectivity index (χ3n) is 4.14. The Hall–Kier alpha value is -2.72. The highest BCUT2D eigenvalue weighted by Gasteiger charge is 2.43. The van der Waals surface area contributed by atoms with Crippen molar-refractivity contribution in [1.29, 1.82) is 0 Å². The summed E-state index contributed by atoms with van der Waals surface area (Å²) in [5.41, 5.74) is 5.21. The first kappa shape index (κ1) is 22.6. The van der Waals surface area contributed by atoms with E-state index in [1.807, 2.05) is 6.07 Å². The molecule has 0 amide bonds. The average Bonchev–Trinajstić information content (AvgIpc) is 2.67. The second-order valence-electron chi connectivity index (χ2n) is 6.19. The van der Waals surface area contributed by atoms with Crippen molar-refractivity contribution in [2.75, 3.05) is 19.8 Å². The number of benzene rings is 1. The molecular weight excluding hydrogens is 393 g/mol. The molecule has 0 saturated carbocycles. The summed E-state index contributed by atoms with van der Waals surface area (Å²) < 4.78 is 47.7. The van der Waals surface area contributed by atoms with Crippen LogP contribution in [0.4, 0.5) is 13.2 Å². The summed E-state index contributed by atoms with van der Waals surface area (Å²) in [5, 5.41) is 0.154. The highest BCUT2D eigenvalue weighted by molar-refractivity contribution is 6.00. The first-order valence-corrected chi connectivity index (χ1v) is 8.96. The minimum atomic E-state index is -5.34. The third kappa shape index (κ3) is 5.64. The van der Waals surface area contributed by atoms with E-state index in [0.717, 1.165) is 11.8 Å². The van der Waals surface area contributed by atoms with Crippen LogP contribution in [0.2, 0.25) is 0 Å². The number of alkyl halides is 3. The van der Waals surface area contributed by atoms with Crippen molar-refractivity contribution >= 4 is 22.8 Å². The van der Waals surface area contributed by atoms with E-state index in [1.54, 1.807) is 19.1 Å². The maximum absolute atomic E-state index is 12.7. The van der Waals surface area contributed by atoms with Crippen LogP contribution in [0.5, 0.6) is 0 Å². The molecule has 29 heavy (non-hydrogen) atoms. The summed E-state index contributed by atoms with van der Waals surface area (Å²) in [7, 11) is 0. The van der Waals surface area contributed by atoms with Gasteiger partial charge in [-0.05, 0) is 37.5 Å². The van der Waals surface area contributed by atoms with Crippen LogP contribution in [-0.4, -0.2) is 42.4 Å². The number of fused-ring (bicyclic) bond motifs is 1. The molecule has 0 bridgehead atoms. The van der Waals surface area contributed by atoms with Gasteiger partial charge in [0.25, 0.3) is 0 Å². The van der Waals surface area contributed by atoms with Crippen molar-refractivity contribution in [3.05, 3.63) is 45.7 Å². The highest BCUT2D eigenvalue weighted by atomic mass is 19.4. The van der Waals surface area contributed by atoms with E-state index in [0.29, 0.717) is 44.7 Å². The number of nitrogens with zero attached hydrogens (tertiary/aromatic N) is 1. The van der Waals surface area contributed by atoms with Crippen LogP contribution in [0.1, 0.15) is 29.3 Å². The van der Waals surface area contributed by atoms with Crippen molar-refractivity contribution < 1.29 is 32.2 Å². The van der Waals surface area contributed by atoms with Crippen molar-refractivity contribution in [1.82, 2.24) is 4.57 Å². The zero-order valence-electron chi connectivity index (χ0n) is 15.8. The van der Waals surface area contributed by atoms with Crippen molar-refractivity contribution in [3.8, 4) is 0 Å². The van der Waals surface area contributed by atoms with Gasteiger partial charge >= 0.3 is 18.1 Å². The fourth-order valence-electron chi connectivity index (χ4n) is 2.77. The fourth-order valence-corrected chi connectivity index (χ4v) is 2.77. The van der Waals surface area contributed by atoms with Gasteiger partial charge in [-0.2, -0.15) is 13.2 Å². The van der Waals surface area contributed by atoms with Crippen molar-refractivity contribution in [2.24, 2.45) is 5.73 Å². The second-order valence-corrected chi connectivity index (χ2v) is 6.19. The molecular formula is C19H21F3N2O5. The predicted molar refractivity (Wildman–Crippen MR) is 98.6 cm³/mol. The lowest BCUT2D eigenvalue weighted by Gasteiger charge is -2.12. The number of hydrogen-bond donors (Lipinski definition) is 1. The molecule has 7 nitrogen and oxygen atoms in total. The van der Waals surface area contributed by atoms with Crippen LogP contribution in [-0.2, 0) is 27.2 Å². The SMILES string of the molecule is CCn1cc(C(=O)OC(=O)C(F)(F)F)c(=O)c2cc(CCCOCCN)ccc21. The molecule has 0 saturated heterocycles. The molecule has 0 radical (unpaired) electrons. The molecule has 0 fully saturated rings. The van der Waals surface area contributed by atoms with Crippen LogP contribution < -0.4 is 11.2 Å². The van der Waals surface area contributed by atoms with Gasteiger partial charge in [-0.15, -0.1) is 0 Å². The first-order valence-electron chi connectivity index (χ1n) is 8.96. The topological polar surface area (TPSA) is 101 Å². The van der Waals surface area contributed by atoms with E-state index >= 15 is 0 Å². The number of nitrogens with two attached hydrogens (primary N) is 1. The second kappa shape index (κ2) is 9.66. The Kier molecular flexibility index (Phi) is 7.52. The molecule has 2 aromatic rings. The molecule has 1 aromatic carbocycles. The van der Waals surface area contributed by atoms with E-state index in [-0.39, 0.29) is 5.39 Å². The van der Waals surface area contributed by atoms with E-state index in [9.17, 15) is 27.6 Å². The van der Waals surface area contributed by atoms with Crippen molar-refractivity contribution in [2.45, 2.75) is 32.5 Å². The first-order chi connectivity index (χ1) is 13.7. The van der Waals surface area contributed by atoms with E-state index in [4.69, 9.17) is 10.5 Å². The number of hydrogen-bond acceptors (Lipinski definition) is 6. The van der Waals surface area contributed by atoms with Gasteiger partial charge in [-0.1, -0.05) is 6.07 Å². The molecule has 1 heterocycles. The molecule has 2 N–H and O–H groups in total. The van der Waals surface area contributed by atoms with Crippen LogP contribution in [0.15, 0.2) is 29.2 Å². The Bertz CT molecular complexity index is 953. The van der Waals surface area contributed by atoms with E-state index < -0.39 is 29.1 Å². The Morgan fingerprint density at radius 1 is 1.21 bits per heavy atom. The average molecular weight is 414 g/mol. The predicted octanol–water partition coefficient (Wildman–Crippen LogP) is 2.17.